The van der Waals surface area contributed by atoms with Crippen LogP contribution in [0.4, 0.5) is 10.5 Å². The van der Waals surface area contributed by atoms with E-state index in [-0.39, 0.29) is 5.91 Å². The van der Waals surface area contributed by atoms with Crippen LogP contribution in [0.15, 0.2) is 18.2 Å². The minimum atomic E-state index is -0.507. The smallest absolute Gasteiger partial charge is 0.407 e. The zero-order chi connectivity index (χ0) is 18.6. The lowest BCUT2D eigenvalue weighted by Crippen LogP contribution is -2.40. The van der Waals surface area contributed by atoms with Crippen LogP contribution in [0, 0.1) is 0 Å². The summed E-state index contributed by atoms with van der Waals surface area (Å²) >= 11 is 0. The molecule has 25 heavy (non-hydrogen) atoms. The molecule has 1 N–H and O–H groups in total. The van der Waals surface area contributed by atoms with Crippen LogP contribution in [0.25, 0.3) is 0 Å². The number of alkyl carbamates (subject to hydrolysis) is 1. The number of ether oxygens (including phenoxy) is 1. The van der Waals surface area contributed by atoms with Crippen LogP contribution in [-0.2, 0) is 22.5 Å². The summed E-state index contributed by atoms with van der Waals surface area (Å²) < 4.78 is 5.25. The van der Waals surface area contributed by atoms with Crippen molar-refractivity contribution in [3.8, 4) is 0 Å². The molecule has 0 atom stereocenters. The second kappa shape index (κ2) is 7.87. The van der Waals surface area contributed by atoms with E-state index in [1.165, 1.54) is 0 Å². The van der Waals surface area contributed by atoms with Gasteiger partial charge in [-0.1, -0.05) is 12.1 Å². The van der Waals surface area contributed by atoms with Gasteiger partial charge in [-0.2, -0.15) is 0 Å². The van der Waals surface area contributed by atoms with Gasteiger partial charge in [0.15, 0.2) is 0 Å². The number of likely N-dealkylation sites (N-methyl/N-ethyl adjacent to an activating group) is 1. The Morgan fingerprint density at radius 1 is 1.28 bits per heavy atom. The molecule has 2 rings (SSSR count). The van der Waals surface area contributed by atoms with E-state index in [9.17, 15) is 9.59 Å². The summed E-state index contributed by atoms with van der Waals surface area (Å²) in [6, 6.07) is 6.01. The summed E-state index contributed by atoms with van der Waals surface area (Å²) in [5, 5.41) is 2.77. The zero-order valence-corrected chi connectivity index (χ0v) is 15.9. The van der Waals surface area contributed by atoms with Gasteiger partial charge < -0.3 is 19.9 Å². The Bertz CT molecular complexity index is 635. The number of amides is 2. The minimum Gasteiger partial charge on any atom is -0.444 e. The van der Waals surface area contributed by atoms with E-state index in [1.807, 2.05) is 56.8 Å². The Labute approximate surface area is 150 Å². The van der Waals surface area contributed by atoms with E-state index in [4.69, 9.17) is 4.74 Å². The maximum atomic E-state index is 12.4. The average molecular weight is 347 g/mol. The zero-order valence-electron chi connectivity index (χ0n) is 15.9. The van der Waals surface area contributed by atoms with E-state index in [0.29, 0.717) is 13.1 Å². The van der Waals surface area contributed by atoms with Gasteiger partial charge in [0.25, 0.3) is 0 Å². The lowest BCUT2D eigenvalue weighted by Gasteiger charge is -2.31. The summed E-state index contributed by atoms with van der Waals surface area (Å²) in [4.78, 5) is 27.9. The van der Waals surface area contributed by atoms with Crippen molar-refractivity contribution in [1.82, 2.24) is 10.2 Å². The van der Waals surface area contributed by atoms with Crippen molar-refractivity contribution in [2.45, 2.75) is 45.8 Å². The van der Waals surface area contributed by atoms with Crippen LogP contribution in [0.2, 0.25) is 0 Å². The van der Waals surface area contributed by atoms with Gasteiger partial charge in [-0.05, 0) is 64.9 Å². The number of rotatable bonds is 4. The molecule has 0 saturated heterocycles. The van der Waals surface area contributed by atoms with E-state index in [0.717, 1.165) is 36.2 Å². The molecule has 138 valence electrons. The Morgan fingerprint density at radius 2 is 2.00 bits per heavy atom. The molecule has 1 aliphatic rings. The van der Waals surface area contributed by atoms with E-state index < -0.39 is 11.7 Å². The molecule has 0 radical (unpaired) electrons. The lowest BCUT2D eigenvalue weighted by molar-refractivity contribution is -0.119. The third-order valence-electron chi connectivity index (χ3n) is 3.85. The largest absolute Gasteiger partial charge is 0.444 e. The van der Waals surface area contributed by atoms with Gasteiger partial charge in [0.2, 0.25) is 5.91 Å². The number of benzene rings is 1. The fourth-order valence-corrected chi connectivity index (χ4v) is 2.86. The van der Waals surface area contributed by atoms with Crippen LogP contribution in [0.3, 0.4) is 0 Å². The molecule has 0 unspecified atom stereocenters. The van der Waals surface area contributed by atoms with Crippen molar-refractivity contribution in [1.29, 1.82) is 0 Å². The van der Waals surface area contributed by atoms with Crippen molar-refractivity contribution in [2.24, 2.45) is 0 Å². The molecule has 6 heteroatoms. The number of nitrogens with one attached hydrogen (secondary N) is 1. The summed E-state index contributed by atoms with van der Waals surface area (Å²) in [7, 11) is 3.79. The first-order valence-corrected chi connectivity index (χ1v) is 8.69. The van der Waals surface area contributed by atoms with E-state index >= 15 is 0 Å². The van der Waals surface area contributed by atoms with Crippen molar-refractivity contribution >= 4 is 17.7 Å². The summed E-state index contributed by atoms with van der Waals surface area (Å²) in [5.74, 6) is 0.116. The third kappa shape index (κ3) is 5.74. The number of anilines is 1. The highest BCUT2D eigenvalue weighted by atomic mass is 16.6. The molecule has 0 bridgehead atoms. The quantitative estimate of drug-likeness (QED) is 0.909. The molecule has 2 amide bonds. The second-order valence-electron chi connectivity index (χ2n) is 7.71. The molecule has 0 aliphatic carbocycles. The second-order valence-corrected chi connectivity index (χ2v) is 7.71. The number of nitrogens with zero attached hydrogens (tertiary/aromatic N) is 2. The van der Waals surface area contributed by atoms with E-state index in [2.05, 4.69) is 11.4 Å². The average Bonchev–Trinajstić information content (AvgIpc) is 2.49. The summed E-state index contributed by atoms with van der Waals surface area (Å²) in [6.07, 6.45) is 1.48. The maximum Gasteiger partial charge on any atom is 0.407 e. The molecule has 0 saturated carbocycles. The van der Waals surface area contributed by atoms with Crippen LogP contribution in [-0.4, -0.2) is 49.7 Å². The van der Waals surface area contributed by atoms with E-state index in [1.54, 1.807) is 0 Å². The lowest BCUT2D eigenvalue weighted by atomic mass is 9.99. The van der Waals surface area contributed by atoms with Crippen molar-refractivity contribution in [3.05, 3.63) is 29.3 Å². The number of hydrogen-bond acceptors (Lipinski definition) is 4. The van der Waals surface area contributed by atoms with Crippen molar-refractivity contribution < 1.29 is 14.3 Å². The Morgan fingerprint density at radius 3 is 2.64 bits per heavy atom. The number of carbonyl (C=O) groups excluding carboxylic acids is 2. The van der Waals surface area contributed by atoms with Gasteiger partial charge in [0, 0.05) is 18.8 Å². The van der Waals surface area contributed by atoms with Gasteiger partial charge in [0.1, 0.15) is 5.60 Å². The number of carbonyl (C=O) groups is 2. The predicted octanol–water partition coefficient (Wildman–Crippen LogP) is 2.55. The Balaban J connectivity index is 2.04. The van der Waals surface area contributed by atoms with Crippen molar-refractivity contribution in [2.75, 3.05) is 32.1 Å². The first kappa shape index (κ1) is 19.2. The predicted molar refractivity (Wildman–Crippen MR) is 98.7 cm³/mol. The first-order chi connectivity index (χ1) is 11.7. The molecule has 1 aromatic rings. The monoisotopic (exact) mass is 347 g/mol. The van der Waals surface area contributed by atoms with Gasteiger partial charge in [0.05, 0.1) is 6.54 Å². The fourth-order valence-electron chi connectivity index (χ4n) is 2.86. The van der Waals surface area contributed by atoms with Crippen LogP contribution in [0.1, 0.15) is 38.3 Å². The molecule has 1 heterocycles. The SMILES string of the molecule is CN(C)CC(=O)N1CCCc2cc(CNC(=O)OC(C)(C)C)ccc21. The highest BCUT2D eigenvalue weighted by Gasteiger charge is 2.23. The molecule has 6 nitrogen and oxygen atoms in total. The molecular weight excluding hydrogens is 318 g/mol. The van der Waals surface area contributed by atoms with Crippen LogP contribution < -0.4 is 10.2 Å². The number of hydrogen-bond donors (Lipinski definition) is 1. The van der Waals surface area contributed by atoms with Crippen LogP contribution >= 0.6 is 0 Å². The number of fused-ring (bicyclic) bond motifs is 1. The third-order valence-corrected chi connectivity index (χ3v) is 3.85. The van der Waals surface area contributed by atoms with Gasteiger partial charge in [-0.25, -0.2) is 4.79 Å². The highest BCUT2D eigenvalue weighted by molar-refractivity contribution is 5.96. The summed E-state index contributed by atoms with van der Waals surface area (Å²) in [6.45, 7) is 7.09. The standard InChI is InChI=1S/C19H29N3O3/c1-19(2,3)25-18(24)20-12-14-8-9-16-15(11-14)7-6-10-22(16)17(23)13-21(4)5/h8-9,11H,6-7,10,12-13H2,1-5H3,(H,20,24). The van der Waals surface area contributed by atoms with Gasteiger partial charge >= 0.3 is 6.09 Å². The molecule has 0 spiro atoms. The van der Waals surface area contributed by atoms with Crippen molar-refractivity contribution in [3.63, 3.8) is 0 Å². The Kier molecular flexibility index (Phi) is 6.06. The molecule has 0 aromatic heterocycles. The molecule has 0 fully saturated rings. The van der Waals surface area contributed by atoms with Crippen LogP contribution in [0.5, 0.6) is 0 Å². The molecule has 1 aliphatic heterocycles. The van der Waals surface area contributed by atoms with Gasteiger partial charge in [-0.15, -0.1) is 0 Å². The Hall–Kier alpha value is -2.08. The number of aryl methyl sites for hydroxylation is 1. The topological polar surface area (TPSA) is 61.9 Å². The normalized spacial score (nSPS) is 14.2. The highest BCUT2D eigenvalue weighted by Crippen LogP contribution is 2.28. The first-order valence-electron chi connectivity index (χ1n) is 8.69. The fraction of sp³-hybridized carbons (Fsp3) is 0.579. The van der Waals surface area contributed by atoms with Gasteiger partial charge in [-0.3, -0.25) is 4.79 Å². The minimum absolute atomic E-state index is 0.116. The summed E-state index contributed by atoms with van der Waals surface area (Å²) in [5.41, 5.74) is 2.64. The molecule has 1 aromatic carbocycles. The molecular formula is C19H29N3O3. The maximum absolute atomic E-state index is 12.4.